The number of amides is 1. The number of nitrogens with zero attached hydrogens (tertiary/aromatic N) is 2. The number of methoxy groups -OCH3 is 1. The lowest BCUT2D eigenvalue weighted by Gasteiger charge is -2.42. The molecule has 176 valence electrons. The van der Waals surface area contributed by atoms with Gasteiger partial charge < -0.3 is 14.2 Å². The van der Waals surface area contributed by atoms with Crippen molar-refractivity contribution in [2.75, 3.05) is 26.8 Å². The predicted molar refractivity (Wildman–Crippen MR) is 116 cm³/mol. The van der Waals surface area contributed by atoms with Crippen LogP contribution >= 0.6 is 0 Å². The first kappa shape index (κ1) is 23.0. The van der Waals surface area contributed by atoms with Gasteiger partial charge in [0.1, 0.15) is 17.0 Å². The number of benzene rings is 1. The molecule has 2 saturated heterocycles. The van der Waals surface area contributed by atoms with E-state index < -0.39 is 17.2 Å². The Labute approximate surface area is 188 Å². The molecule has 2 bridgehead atoms. The van der Waals surface area contributed by atoms with Crippen molar-refractivity contribution in [2.45, 2.75) is 76.8 Å². The van der Waals surface area contributed by atoms with Crippen molar-refractivity contribution in [2.24, 2.45) is 0 Å². The molecule has 0 saturated carbocycles. The van der Waals surface area contributed by atoms with Gasteiger partial charge in [0.2, 0.25) is 0 Å². The topological polar surface area (TPSA) is 68.3 Å². The Bertz CT molecular complexity index is 914. The minimum absolute atomic E-state index is 0.0189. The number of fused-ring (bicyclic) bond motifs is 3. The highest BCUT2D eigenvalue weighted by Gasteiger charge is 2.54. The Balaban J connectivity index is 1.53. The average Bonchev–Trinajstić information content (AvgIpc) is 3.29. The minimum atomic E-state index is -0.543. The lowest BCUT2D eigenvalue weighted by molar-refractivity contribution is -0.0736. The van der Waals surface area contributed by atoms with Crippen LogP contribution in [0.4, 0.5) is 9.18 Å². The van der Waals surface area contributed by atoms with Gasteiger partial charge in [0, 0.05) is 25.6 Å². The Morgan fingerprint density at radius 3 is 2.72 bits per heavy atom. The van der Waals surface area contributed by atoms with Gasteiger partial charge in [-0.15, -0.1) is 0 Å². The number of carbonyl (C=O) groups excluding carboxylic acids is 2. The van der Waals surface area contributed by atoms with Crippen LogP contribution in [0, 0.1) is 5.82 Å². The maximum atomic E-state index is 14.8. The van der Waals surface area contributed by atoms with E-state index in [4.69, 9.17) is 14.2 Å². The van der Waals surface area contributed by atoms with Crippen LogP contribution in [0.5, 0.6) is 0 Å². The molecule has 3 aliphatic rings. The highest BCUT2D eigenvalue weighted by Crippen LogP contribution is 2.40. The van der Waals surface area contributed by atoms with Crippen molar-refractivity contribution in [1.82, 2.24) is 9.80 Å². The fraction of sp³-hybridized carbons (Fsp3) is 0.667. The molecule has 0 aromatic heterocycles. The number of halogens is 1. The van der Waals surface area contributed by atoms with Gasteiger partial charge in [-0.1, -0.05) is 6.92 Å². The van der Waals surface area contributed by atoms with E-state index in [0.29, 0.717) is 38.2 Å². The van der Waals surface area contributed by atoms with Crippen molar-refractivity contribution in [1.29, 1.82) is 0 Å². The molecule has 0 N–H and O–H groups in total. The summed E-state index contributed by atoms with van der Waals surface area (Å²) in [6.45, 7) is 9.85. The molecule has 1 amide bonds. The first-order chi connectivity index (χ1) is 15.0. The van der Waals surface area contributed by atoms with E-state index in [1.165, 1.54) is 13.2 Å². The summed E-state index contributed by atoms with van der Waals surface area (Å²) in [6.07, 6.45) is 1.91. The Hall–Kier alpha value is -2.19. The minimum Gasteiger partial charge on any atom is -0.465 e. The van der Waals surface area contributed by atoms with E-state index in [0.717, 1.165) is 18.4 Å². The zero-order valence-corrected chi connectivity index (χ0v) is 19.6. The van der Waals surface area contributed by atoms with Crippen molar-refractivity contribution in [3.8, 4) is 0 Å². The molecule has 2 fully saturated rings. The summed E-state index contributed by atoms with van der Waals surface area (Å²) in [5.74, 6) is -0.895. The molecule has 0 spiro atoms. The molecular weight excluding hydrogens is 415 g/mol. The molecule has 7 nitrogen and oxygen atoms in total. The van der Waals surface area contributed by atoms with Gasteiger partial charge in [-0.25, -0.2) is 14.0 Å². The summed E-state index contributed by atoms with van der Waals surface area (Å²) in [4.78, 5) is 28.8. The number of hydrogen-bond donors (Lipinski definition) is 0. The second-order valence-electron chi connectivity index (χ2n) is 10.2. The van der Waals surface area contributed by atoms with Crippen LogP contribution in [-0.2, 0) is 27.2 Å². The molecule has 3 unspecified atom stereocenters. The van der Waals surface area contributed by atoms with Gasteiger partial charge in [0.05, 0.1) is 31.9 Å². The van der Waals surface area contributed by atoms with Crippen LogP contribution in [0.25, 0.3) is 0 Å². The molecule has 32 heavy (non-hydrogen) atoms. The number of esters is 1. The summed E-state index contributed by atoms with van der Waals surface area (Å²) in [5.41, 5.74) is 0.711. The van der Waals surface area contributed by atoms with E-state index in [1.54, 1.807) is 11.0 Å². The third-order valence-electron chi connectivity index (χ3n) is 6.72. The zero-order valence-electron chi connectivity index (χ0n) is 19.6. The van der Waals surface area contributed by atoms with Gasteiger partial charge in [0.25, 0.3) is 0 Å². The average molecular weight is 449 g/mol. The van der Waals surface area contributed by atoms with Gasteiger partial charge in [0.15, 0.2) is 0 Å². The van der Waals surface area contributed by atoms with Crippen LogP contribution < -0.4 is 0 Å². The Morgan fingerprint density at radius 2 is 2.06 bits per heavy atom. The third kappa shape index (κ3) is 4.35. The summed E-state index contributed by atoms with van der Waals surface area (Å²) in [5, 5.41) is 0. The molecular formula is C24H33FN2O5. The summed E-state index contributed by atoms with van der Waals surface area (Å²) < 4.78 is 31.3. The van der Waals surface area contributed by atoms with Crippen molar-refractivity contribution in [3.05, 3.63) is 34.6 Å². The smallest absolute Gasteiger partial charge is 0.410 e. The maximum Gasteiger partial charge on any atom is 0.410 e. The summed E-state index contributed by atoms with van der Waals surface area (Å²) in [7, 11) is 1.29. The molecule has 1 aromatic rings. The lowest BCUT2D eigenvalue weighted by Crippen LogP contribution is -2.54. The third-order valence-corrected chi connectivity index (χ3v) is 6.72. The van der Waals surface area contributed by atoms with Gasteiger partial charge >= 0.3 is 12.1 Å². The molecule has 8 heteroatoms. The first-order valence-corrected chi connectivity index (χ1v) is 11.3. The number of rotatable bonds is 4. The molecule has 3 heterocycles. The molecule has 0 aliphatic carbocycles. The number of likely N-dealkylation sites (tertiary alicyclic amines) is 1. The number of ether oxygens (including phenoxy) is 3. The summed E-state index contributed by atoms with van der Waals surface area (Å²) >= 11 is 0. The van der Waals surface area contributed by atoms with Crippen LogP contribution in [-0.4, -0.2) is 72.0 Å². The molecule has 4 rings (SSSR count). The van der Waals surface area contributed by atoms with Gasteiger partial charge in [-0.2, -0.15) is 0 Å². The largest absolute Gasteiger partial charge is 0.465 e. The predicted octanol–water partition coefficient (Wildman–Crippen LogP) is 3.53. The molecule has 1 aromatic carbocycles. The monoisotopic (exact) mass is 448 g/mol. The SMILES string of the molecule is CCC1Cc2c(F)cc(C(=O)OC)cc2CN1CC12CC(CO1)N(C(=O)OC(C)(C)C)C2. The maximum absolute atomic E-state index is 14.8. The first-order valence-electron chi connectivity index (χ1n) is 11.3. The number of carbonyl (C=O) groups is 2. The Morgan fingerprint density at radius 1 is 1.31 bits per heavy atom. The molecule has 0 radical (unpaired) electrons. The Kier molecular flexibility index (Phi) is 5.96. The van der Waals surface area contributed by atoms with Crippen LogP contribution in [0.15, 0.2) is 12.1 Å². The molecule has 3 aliphatic heterocycles. The van der Waals surface area contributed by atoms with Crippen LogP contribution in [0.2, 0.25) is 0 Å². The highest BCUT2D eigenvalue weighted by atomic mass is 19.1. The fourth-order valence-corrected chi connectivity index (χ4v) is 5.23. The van der Waals surface area contributed by atoms with E-state index in [-0.39, 0.29) is 29.6 Å². The normalized spacial score (nSPS) is 27.4. The lowest BCUT2D eigenvalue weighted by atomic mass is 9.89. The van der Waals surface area contributed by atoms with Crippen molar-refractivity contribution >= 4 is 12.1 Å². The zero-order chi connectivity index (χ0) is 23.3. The second kappa shape index (κ2) is 8.30. The highest BCUT2D eigenvalue weighted by molar-refractivity contribution is 5.89. The summed E-state index contributed by atoms with van der Waals surface area (Å²) in [6, 6.07) is 3.19. The van der Waals surface area contributed by atoms with Gasteiger partial charge in [-0.3, -0.25) is 9.80 Å². The standard InChI is InChI=1S/C24H33FN2O5/c1-6-17-9-19-16(7-15(8-20(19)25)21(28)30-5)11-26(17)13-24-10-18(12-31-24)27(14-24)22(29)32-23(2,3)4/h7-8,17-18H,6,9-14H2,1-5H3. The van der Waals surface area contributed by atoms with E-state index >= 15 is 0 Å². The fourth-order valence-electron chi connectivity index (χ4n) is 5.23. The van der Waals surface area contributed by atoms with E-state index in [9.17, 15) is 14.0 Å². The van der Waals surface area contributed by atoms with Crippen molar-refractivity contribution in [3.63, 3.8) is 0 Å². The van der Waals surface area contributed by atoms with Gasteiger partial charge in [-0.05, 0) is 56.9 Å². The second-order valence-corrected chi connectivity index (χ2v) is 10.2. The van der Waals surface area contributed by atoms with Crippen molar-refractivity contribution < 1.29 is 28.2 Å². The van der Waals surface area contributed by atoms with E-state index in [1.807, 2.05) is 20.8 Å². The quantitative estimate of drug-likeness (QED) is 0.657. The molecule has 3 atom stereocenters. The number of morpholine rings is 1. The number of hydrogen-bond acceptors (Lipinski definition) is 6. The van der Waals surface area contributed by atoms with Crippen LogP contribution in [0.1, 0.15) is 62.0 Å². The van der Waals surface area contributed by atoms with Crippen LogP contribution in [0.3, 0.4) is 0 Å². The van der Waals surface area contributed by atoms with E-state index in [2.05, 4.69) is 11.8 Å².